The fourth-order valence-corrected chi connectivity index (χ4v) is 3.72. The van der Waals surface area contributed by atoms with Gasteiger partial charge in [0.05, 0.1) is 32.9 Å². The molecule has 1 aliphatic rings. The molecule has 2 aromatic carbocycles. The number of amides is 1. The summed E-state index contributed by atoms with van der Waals surface area (Å²) in [5.41, 5.74) is 1.91. The second kappa shape index (κ2) is 7.97. The van der Waals surface area contributed by atoms with Crippen LogP contribution >= 0.6 is 15.9 Å². The molecule has 0 radical (unpaired) electrons. The summed E-state index contributed by atoms with van der Waals surface area (Å²) in [5, 5.41) is 20.6. The van der Waals surface area contributed by atoms with Gasteiger partial charge in [-0.1, -0.05) is 0 Å². The third kappa shape index (κ3) is 4.34. The highest BCUT2D eigenvalue weighted by atomic mass is 79.9. The van der Waals surface area contributed by atoms with E-state index in [1.165, 1.54) is 29.3 Å². The fraction of sp³-hybridized carbons (Fsp3) is 0.158. The number of carbonyl (C=O) groups is 1. The normalized spacial score (nSPS) is 15.7. The zero-order valence-corrected chi connectivity index (χ0v) is 18.0. The number of phenolic OH excluding ortho intramolecular Hbond substituents is 1. The van der Waals surface area contributed by atoms with Crippen LogP contribution in [0.2, 0.25) is 0 Å². The zero-order chi connectivity index (χ0) is 21.3. The van der Waals surface area contributed by atoms with E-state index in [0.29, 0.717) is 39.4 Å². The number of anilines is 1. The topological polar surface area (TPSA) is 122 Å². The number of hydrogen-bond donors (Lipinski definition) is 2. The standard InChI is InChI=1S/C19H18BrN3O5S/c1-3-28-17-10-12(9-16(20)18(17)24)8-15-11(2)22-23(19(15)25)13-4-6-14(7-5-13)29(21,26)27/h4-10,24H,3H2,1-2H3,(H2,21,26,27)/b15-8+. The number of benzene rings is 2. The molecular formula is C19H18BrN3O5S. The van der Waals surface area contributed by atoms with Crippen molar-refractivity contribution in [3.8, 4) is 11.5 Å². The average Bonchev–Trinajstić information content (AvgIpc) is 2.93. The molecule has 2 aromatic rings. The van der Waals surface area contributed by atoms with Gasteiger partial charge in [-0.3, -0.25) is 4.79 Å². The molecule has 29 heavy (non-hydrogen) atoms. The van der Waals surface area contributed by atoms with Gasteiger partial charge in [-0.05, 0) is 77.8 Å². The van der Waals surface area contributed by atoms with Gasteiger partial charge in [-0.2, -0.15) is 10.1 Å². The maximum atomic E-state index is 12.9. The van der Waals surface area contributed by atoms with Crippen molar-refractivity contribution in [1.29, 1.82) is 0 Å². The van der Waals surface area contributed by atoms with E-state index in [2.05, 4.69) is 21.0 Å². The largest absolute Gasteiger partial charge is 0.503 e. The molecule has 0 bridgehead atoms. The molecule has 8 nitrogen and oxygen atoms in total. The number of ether oxygens (including phenoxy) is 1. The summed E-state index contributed by atoms with van der Waals surface area (Å²) in [5.74, 6) is -0.0917. The summed E-state index contributed by atoms with van der Waals surface area (Å²) in [6.07, 6.45) is 1.65. The van der Waals surface area contributed by atoms with Crippen molar-refractivity contribution in [1.82, 2.24) is 0 Å². The Bertz CT molecular complexity index is 1140. The number of phenols is 1. The molecule has 0 unspecified atom stereocenters. The van der Waals surface area contributed by atoms with E-state index < -0.39 is 10.0 Å². The van der Waals surface area contributed by atoms with Crippen molar-refractivity contribution in [2.24, 2.45) is 10.2 Å². The van der Waals surface area contributed by atoms with E-state index in [0.717, 1.165) is 0 Å². The lowest BCUT2D eigenvalue weighted by atomic mass is 10.1. The summed E-state index contributed by atoms with van der Waals surface area (Å²) < 4.78 is 28.6. The molecule has 0 atom stereocenters. The van der Waals surface area contributed by atoms with Gasteiger partial charge < -0.3 is 9.84 Å². The zero-order valence-electron chi connectivity index (χ0n) is 15.6. The van der Waals surface area contributed by atoms with Gasteiger partial charge in [-0.25, -0.2) is 13.6 Å². The molecule has 152 valence electrons. The number of rotatable bonds is 5. The van der Waals surface area contributed by atoms with Gasteiger partial charge in [0, 0.05) is 0 Å². The van der Waals surface area contributed by atoms with Crippen molar-refractivity contribution in [2.45, 2.75) is 18.7 Å². The fourth-order valence-electron chi connectivity index (χ4n) is 2.75. The average molecular weight is 480 g/mol. The van der Waals surface area contributed by atoms with Crippen molar-refractivity contribution < 1.29 is 23.1 Å². The molecule has 3 rings (SSSR count). The molecular weight excluding hydrogens is 462 g/mol. The van der Waals surface area contributed by atoms with Crippen LogP contribution in [0.15, 0.2) is 56.4 Å². The Kier molecular flexibility index (Phi) is 5.78. The summed E-state index contributed by atoms with van der Waals surface area (Å²) in [4.78, 5) is 12.8. The van der Waals surface area contributed by atoms with Crippen LogP contribution in [0, 0.1) is 0 Å². The minimum atomic E-state index is -3.82. The van der Waals surface area contributed by atoms with Crippen molar-refractivity contribution in [3.63, 3.8) is 0 Å². The summed E-state index contributed by atoms with van der Waals surface area (Å²) >= 11 is 3.27. The van der Waals surface area contributed by atoms with E-state index in [1.807, 2.05) is 0 Å². The van der Waals surface area contributed by atoms with Gasteiger partial charge in [0.15, 0.2) is 11.5 Å². The molecule has 0 fully saturated rings. The van der Waals surface area contributed by atoms with Gasteiger partial charge in [-0.15, -0.1) is 0 Å². The second-order valence-corrected chi connectivity index (χ2v) is 8.60. The van der Waals surface area contributed by atoms with E-state index in [9.17, 15) is 18.3 Å². The van der Waals surface area contributed by atoms with Gasteiger partial charge >= 0.3 is 0 Å². The van der Waals surface area contributed by atoms with Gasteiger partial charge in [0.25, 0.3) is 5.91 Å². The number of aromatic hydroxyl groups is 1. The van der Waals surface area contributed by atoms with Crippen LogP contribution in [-0.2, 0) is 14.8 Å². The van der Waals surface area contributed by atoms with Crippen LogP contribution in [0.1, 0.15) is 19.4 Å². The number of primary sulfonamides is 1. The maximum Gasteiger partial charge on any atom is 0.280 e. The number of halogens is 1. The number of nitrogens with two attached hydrogens (primary N) is 1. The monoisotopic (exact) mass is 479 g/mol. The number of sulfonamides is 1. The Hall–Kier alpha value is -2.69. The molecule has 0 saturated heterocycles. The number of hydrazone groups is 1. The van der Waals surface area contributed by atoms with Crippen molar-refractivity contribution >= 4 is 49.3 Å². The third-order valence-electron chi connectivity index (χ3n) is 4.13. The lowest BCUT2D eigenvalue weighted by Crippen LogP contribution is -2.21. The Balaban J connectivity index is 1.94. The molecule has 1 amide bonds. The first kappa shape index (κ1) is 21.0. The van der Waals surface area contributed by atoms with E-state index in [1.54, 1.807) is 32.1 Å². The molecule has 0 aliphatic carbocycles. The van der Waals surface area contributed by atoms with E-state index >= 15 is 0 Å². The van der Waals surface area contributed by atoms with Crippen LogP contribution < -0.4 is 14.9 Å². The predicted octanol–water partition coefficient (Wildman–Crippen LogP) is 3.01. The number of carbonyl (C=O) groups excluding carboxylic acids is 1. The lowest BCUT2D eigenvalue weighted by molar-refractivity contribution is -0.114. The van der Waals surface area contributed by atoms with Crippen molar-refractivity contribution in [2.75, 3.05) is 11.6 Å². The quantitative estimate of drug-likeness (QED) is 0.638. The van der Waals surface area contributed by atoms with E-state index in [4.69, 9.17) is 9.88 Å². The van der Waals surface area contributed by atoms with Crippen LogP contribution in [-0.4, -0.2) is 31.8 Å². The molecule has 0 aromatic heterocycles. The molecule has 0 spiro atoms. The van der Waals surface area contributed by atoms with Gasteiger partial charge in [0.2, 0.25) is 10.0 Å². The van der Waals surface area contributed by atoms with Gasteiger partial charge in [0.1, 0.15) is 0 Å². The predicted molar refractivity (Wildman–Crippen MR) is 113 cm³/mol. The first-order chi connectivity index (χ1) is 13.6. The van der Waals surface area contributed by atoms with E-state index in [-0.39, 0.29) is 16.6 Å². The molecule has 3 N–H and O–H groups in total. The first-order valence-electron chi connectivity index (χ1n) is 8.51. The molecule has 1 heterocycles. The minimum absolute atomic E-state index is 0.0197. The lowest BCUT2D eigenvalue weighted by Gasteiger charge is -2.12. The third-order valence-corrected chi connectivity index (χ3v) is 5.67. The minimum Gasteiger partial charge on any atom is -0.503 e. The smallest absolute Gasteiger partial charge is 0.280 e. The SMILES string of the molecule is CCOc1cc(/C=C2/C(=O)N(c3ccc(S(N)(=O)=O)cc3)N=C2C)cc(Br)c1O. The maximum absolute atomic E-state index is 12.9. The Morgan fingerprint density at radius 2 is 1.93 bits per heavy atom. The highest BCUT2D eigenvalue weighted by Crippen LogP contribution is 2.36. The van der Waals surface area contributed by atoms with Crippen LogP contribution in [0.4, 0.5) is 5.69 Å². The Morgan fingerprint density at radius 1 is 1.28 bits per heavy atom. The Labute approximate surface area is 176 Å². The molecule has 1 aliphatic heterocycles. The van der Waals surface area contributed by atoms with Crippen LogP contribution in [0.25, 0.3) is 6.08 Å². The highest BCUT2D eigenvalue weighted by molar-refractivity contribution is 9.10. The Morgan fingerprint density at radius 3 is 2.52 bits per heavy atom. The van der Waals surface area contributed by atoms with Crippen LogP contribution in [0.5, 0.6) is 11.5 Å². The molecule has 0 saturated carbocycles. The summed E-state index contributed by atoms with van der Waals surface area (Å²) in [7, 11) is -3.82. The number of hydrogen-bond acceptors (Lipinski definition) is 6. The first-order valence-corrected chi connectivity index (χ1v) is 10.9. The second-order valence-electron chi connectivity index (χ2n) is 6.18. The number of nitrogens with zero attached hydrogens (tertiary/aromatic N) is 2. The molecule has 10 heteroatoms. The summed E-state index contributed by atoms with van der Waals surface area (Å²) in [6.45, 7) is 3.87. The summed E-state index contributed by atoms with van der Waals surface area (Å²) in [6, 6.07) is 8.84. The van der Waals surface area contributed by atoms with Crippen molar-refractivity contribution in [3.05, 3.63) is 52.0 Å². The van der Waals surface area contributed by atoms with Crippen LogP contribution in [0.3, 0.4) is 0 Å². The highest BCUT2D eigenvalue weighted by Gasteiger charge is 2.29.